The van der Waals surface area contributed by atoms with Crippen LogP contribution in [0.4, 0.5) is 0 Å². The highest BCUT2D eigenvalue weighted by Gasteiger charge is 2.20. The Bertz CT molecular complexity index is 583. The molecule has 2 rings (SSSR count). The molecular weight excluding hydrogens is 268 g/mol. The fraction of sp³-hybridized carbons (Fsp3) is 0.308. The van der Waals surface area contributed by atoms with Crippen molar-refractivity contribution in [3.8, 4) is 11.5 Å². The maximum Gasteiger partial charge on any atom is 0.303 e. The van der Waals surface area contributed by atoms with Crippen LogP contribution in [0.3, 0.4) is 0 Å². The lowest BCUT2D eigenvalue weighted by Gasteiger charge is -2.09. The summed E-state index contributed by atoms with van der Waals surface area (Å²) < 4.78 is 10.3. The molecule has 0 N–H and O–H groups in total. The third-order valence-corrected chi connectivity index (χ3v) is 2.72. The van der Waals surface area contributed by atoms with Gasteiger partial charge in [-0.2, -0.15) is 4.98 Å². The van der Waals surface area contributed by atoms with Gasteiger partial charge in [-0.3, -0.25) is 4.79 Å². The SMILES string of the molecule is CC[C@@H](OC(C)=O)c1noc(-c2cccc(Cl)c2)n1. The van der Waals surface area contributed by atoms with Crippen LogP contribution in [0.25, 0.3) is 11.5 Å². The van der Waals surface area contributed by atoms with Gasteiger partial charge in [0.25, 0.3) is 5.89 Å². The topological polar surface area (TPSA) is 65.2 Å². The molecule has 0 aliphatic heterocycles. The summed E-state index contributed by atoms with van der Waals surface area (Å²) >= 11 is 5.90. The third-order valence-electron chi connectivity index (χ3n) is 2.48. The number of hydrogen-bond acceptors (Lipinski definition) is 5. The zero-order chi connectivity index (χ0) is 13.8. The second-order valence-corrected chi connectivity index (χ2v) is 4.41. The fourth-order valence-corrected chi connectivity index (χ4v) is 1.81. The summed E-state index contributed by atoms with van der Waals surface area (Å²) in [5.74, 6) is 0.330. The van der Waals surface area contributed by atoms with Gasteiger partial charge in [-0.1, -0.05) is 29.7 Å². The number of rotatable bonds is 4. The maximum absolute atomic E-state index is 11.0. The first-order valence-corrected chi connectivity index (χ1v) is 6.24. The molecule has 0 fully saturated rings. The molecule has 0 aliphatic rings. The molecular formula is C13H13ClN2O3. The van der Waals surface area contributed by atoms with E-state index < -0.39 is 6.10 Å². The van der Waals surface area contributed by atoms with Crippen LogP contribution in [0.5, 0.6) is 0 Å². The van der Waals surface area contributed by atoms with Crippen LogP contribution in [0.15, 0.2) is 28.8 Å². The van der Waals surface area contributed by atoms with E-state index in [-0.39, 0.29) is 5.97 Å². The molecule has 0 saturated heterocycles. The van der Waals surface area contributed by atoms with Gasteiger partial charge in [0, 0.05) is 17.5 Å². The van der Waals surface area contributed by atoms with Crippen LogP contribution in [0, 0.1) is 0 Å². The summed E-state index contributed by atoms with van der Waals surface area (Å²) in [6.45, 7) is 3.23. The van der Waals surface area contributed by atoms with Crippen molar-refractivity contribution in [3.05, 3.63) is 35.1 Å². The van der Waals surface area contributed by atoms with Gasteiger partial charge in [0.2, 0.25) is 5.82 Å². The summed E-state index contributed by atoms with van der Waals surface area (Å²) in [5, 5.41) is 4.43. The van der Waals surface area contributed by atoms with Gasteiger partial charge in [0.15, 0.2) is 6.10 Å². The van der Waals surface area contributed by atoms with E-state index in [1.807, 2.05) is 13.0 Å². The number of ether oxygens (including phenoxy) is 1. The summed E-state index contributed by atoms with van der Waals surface area (Å²) in [4.78, 5) is 15.2. The number of carbonyl (C=O) groups is 1. The summed E-state index contributed by atoms with van der Waals surface area (Å²) in [5.41, 5.74) is 0.726. The molecule has 1 heterocycles. The Hall–Kier alpha value is -1.88. The predicted octanol–water partition coefficient (Wildman–Crippen LogP) is 3.40. The second kappa shape index (κ2) is 5.84. The third kappa shape index (κ3) is 3.32. The summed E-state index contributed by atoms with van der Waals surface area (Å²) in [6, 6.07) is 7.10. The van der Waals surface area contributed by atoms with Crippen molar-refractivity contribution in [1.82, 2.24) is 10.1 Å². The van der Waals surface area contributed by atoms with Crippen molar-refractivity contribution in [2.75, 3.05) is 0 Å². The minimum atomic E-state index is -0.491. The molecule has 0 aliphatic carbocycles. The Morgan fingerprint density at radius 3 is 2.95 bits per heavy atom. The Balaban J connectivity index is 2.25. The minimum absolute atomic E-state index is 0.350. The highest BCUT2D eigenvalue weighted by Crippen LogP contribution is 2.24. The average molecular weight is 281 g/mol. The molecule has 0 unspecified atom stereocenters. The second-order valence-electron chi connectivity index (χ2n) is 3.97. The van der Waals surface area contributed by atoms with Gasteiger partial charge in [0.05, 0.1) is 0 Å². The van der Waals surface area contributed by atoms with Crippen molar-refractivity contribution in [3.63, 3.8) is 0 Å². The first-order chi connectivity index (χ1) is 9.10. The lowest BCUT2D eigenvalue weighted by Crippen LogP contribution is -2.09. The largest absolute Gasteiger partial charge is 0.454 e. The van der Waals surface area contributed by atoms with E-state index in [1.54, 1.807) is 18.2 Å². The molecule has 6 heteroatoms. The van der Waals surface area contributed by atoms with Crippen LogP contribution in [-0.4, -0.2) is 16.1 Å². The lowest BCUT2D eigenvalue weighted by molar-refractivity contribution is -0.147. The normalized spacial score (nSPS) is 12.2. The average Bonchev–Trinajstić information content (AvgIpc) is 2.85. The van der Waals surface area contributed by atoms with Crippen molar-refractivity contribution >= 4 is 17.6 Å². The summed E-state index contributed by atoms with van der Waals surface area (Å²) in [7, 11) is 0. The zero-order valence-electron chi connectivity index (χ0n) is 10.6. The molecule has 0 radical (unpaired) electrons. The van der Waals surface area contributed by atoms with Crippen LogP contribution in [0.2, 0.25) is 5.02 Å². The molecule has 0 bridgehead atoms. The van der Waals surface area contributed by atoms with E-state index in [0.29, 0.717) is 23.2 Å². The Kier molecular flexibility index (Phi) is 4.16. The molecule has 0 spiro atoms. The van der Waals surface area contributed by atoms with Crippen molar-refractivity contribution < 1.29 is 14.1 Å². The van der Waals surface area contributed by atoms with E-state index >= 15 is 0 Å². The first-order valence-electron chi connectivity index (χ1n) is 5.87. The molecule has 1 atom stereocenters. The van der Waals surface area contributed by atoms with Crippen LogP contribution < -0.4 is 0 Å². The Morgan fingerprint density at radius 2 is 2.32 bits per heavy atom. The maximum atomic E-state index is 11.0. The quantitative estimate of drug-likeness (QED) is 0.803. The Labute approximate surface area is 115 Å². The molecule has 1 aromatic heterocycles. The van der Waals surface area contributed by atoms with Crippen LogP contribution in [-0.2, 0) is 9.53 Å². The Morgan fingerprint density at radius 1 is 1.53 bits per heavy atom. The molecule has 2 aromatic rings. The van der Waals surface area contributed by atoms with Crippen LogP contribution >= 0.6 is 11.6 Å². The minimum Gasteiger partial charge on any atom is -0.454 e. The highest BCUT2D eigenvalue weighted by molar-refractivity contribution is 6.30. The van der Waals surface area contributed by atoms with E-state index in [9.17, 15) is 4.79 Å². The first kappa shape index (κ1) is 13.5. The van der Waals surface area contributed by atoms with Crippen molar-refractivity contribution in [1.29, 1.82) is 0 Å². The number of halogens is 1. The van der Waals surface area contributed by atoms with Crippen molar-refractivity contribution in [2.45, 2.75) is 26.4 Å². The number of carbonyl (C=O) groups excluding carboxylic acids is 1. The number of esters is 1. The lowest BCUT2D eigenvalue weighted by atomic mass is 10.2. The van der Waals surface area contributed by atoms with E-state index in [0.717, 1.165) is 5.56 Å². The molecule has 0 amide bonds. The number of aromatic nitrogens is 2. The molecule has 19 heavy (non-hydrogen) atoms. The standard InChI is InChI=1S/C13H13ClN2O3/c1-3-11(18-8(2)17)12-15-13(19-16-12)9-5-4-6-10(14)7-9/h4-7,11H,3H2,1-2H3/t11-/m1/s1. The van der Waals surface area contributed by atoms with Gasteiger partial charge >= 0.3 is 5.97 Å². The smallest absolute Gasteiger partial charge is 0.303 e. The number of benzene rings is 1. The van der Waals surface area contributed by atoms with Gasteiger partial charge in [0.1, 0.15) is 0 Å². The van der Waals surface area contributed by atoms with Crippen LogP contribution in [0.1, 0.15) is 32.2 Å². The van der Waals surface area contributed by atoms with E-state index in [4.69, 9.17) is 20.9 Å². The number of nitrogens with zero attached hydrogens (tertiary/aromatic N) is 2. The monoisotopic (exact) mass is 280 g/mol. The van der Waals surface area contributed by atoms with E-state index in [2.05, 4.69) is 10.1 Å². The van der Waals surface area contributed by atoms with Crippen molar-refractivity contribution in [2.24, 2.45) is 0 Å². The van der Waals surface area contributed by atoms with Gasteiger partial charge in [-0.15, -0.1) is 0 Å². The van der Waals surface area contributed by atoms with Gasteiger partial charge < -0.3 is 9.26 Å². The number of hydrogen-bond donors (Lipinski definition) is 0. The zero-order valence-corrected chi connectivity index (χ0v) is 11.3. The molecule has 0 saturated carbocycles. The molecule has 1 aromatic carbocycles. The van der Waals surface area contributed by atoms with Gasteiger partial charge in [-0.05, 0) is 24.6 Å². The van der Waals surface area contributed by atoms with E-state index in [1.165, 1.54) is 6.92 Å². The fourth-order valence-electron chi connectivity index (χ4n) is 1.62. The van der Waals surface area contributed by atoms with Gasteiger partial charge in [-0.25, -0.2) is 0 Å². The highest BCUT2D eigenvalue weighted by atomic mass is 35.5. The molecule has 5 nitrogen and oxygen atoms in total. The molecule has 100 valence electrons. The predicted molar refractivity (Wildman–Crippen MR) is 69.5 cm³/mol. The summed E-state index contributed by atoms with van der Waals surface area (Å²) in [6.07, 6.45) is 0.0860.